The van der Waals surface area contributed by atoms with E-state index >= 15 is 0 Å². The molecule has 0 unspecified atom stereocenters. The van der Waals surface area contributed by atoms with E-state index in [-0.39, 0.29) is 10.8 Å². The molecule has 0 aliphatic rings. The minimum atomic E-state index is -3.60. The molecule has 0 fully saturated rings. The predicted molar refractivity (Wildman–Crippen MR) is 80.3 cm³/mol. The van der Waals surface area contributed by atoms with Crippen LogP contribution in [0.5, 0.6) is 0 Å². The lowest BCUT2D eigenvalue weighted by Gasteiger charge is -2.10. The van der Waals surface area contributed by atoms with Crippen LogP contribution in [0.15, 0.2) is 47.5 Å². The Morgan fingerprint density at radius 1 is 1.15 bits per heavy atom. The number of benzene rings is 1. The largest absolute Gasteiger partial charge is 0.263 e. The average molecular weight is 290 g/mol. The highest BCUT2D eigenvalue weighted by atomic mass is 32.2. The zero-order valence-corrected chi connectivity index (χ0v) is 12.6. The van der Waals surface area contributed by atoms with E-state index in [4.69, 9.17) is 0 Å². The second kappa shape index (κ2) is 5.63. The van der Waals surface area contributed by atoms with Crippen LogP contribution in [0.25, 0.3) is 0 Å². The van der Waals surface area contributed by atoms with Crippen molar-refractivity contribution >= 4 is 15.8 Å². The molecule has 20 heavy (non-hydrogen) atoms. The van der Waals surface area contributed by atoms with E-state index in [1.54, 1.807) is 30.5 Å². The standard InChI is InChI=1S/C15H18N2O2S/c1-11(2)13-5-4-6-14(10-13)20(18,19)17-15-9-12(3)7-8-16-15/h4-11H,1-3H3,(H,16,17). The lowest BCUT2D eigenvalue weighted by molar-refractivity contribution is 0.601. The van der Waals surface area contributed by atoms with Crippen molar-refractivity contribution in [1.82, 2.24) is 4.98 Å². The molecule has 0 aliphatic carbocycles. The summed E-state index contributed by atoms with van der Waals surface area (Å²) in [4.78, 5) is 4.27. The van der Waals surface area contributed by atoms with E-state index in [2.05, 4.69) is 9.71 Å². The molecule has 0 spiro atoms. The molecule has 0 bridgehead atoms. The first kappa shape index (κ1) is 14.5. The highest BCUT2D eigenvalue weighted by Gasteiger charge is 2.15. The topological polar surface area (TPSA) is 59.1 Å². The Hall–Kier alpha value is -1.88. The smallest absolute Gasteiger partial charge is 0.263 e. The van der Waals surface area contributed by atoms with Crippen LogP contribution in [-0.4, -0.2) is 13.4 Å². The zero-order valence-electron chi connectivity index (χ0n) is 11.8. The van der Waals surface area contributed by atoms with Gasteiger partial charge in [-0.3, -0.25) is 4.72 Å². The van der Waals surface area contributed by atoms with E-state index in [0.717, 1.165) is 11.1 Å². The van der Waals surface area contributed by atoms with E-state index in [9.17, 15) is 8.42 Å². The van der Waals surface area contributed by atoms with Crippen LogP contribution in [0.1, 0.15) is 30.9 Å². The summed E-state index contributed by atoms with van der Waals surface area (Å²) in [5.41, 5.74) is 1.94. The molecule has 4 nitrogen and oxygen atoms in total. The molecule has 1 aromatic carbocycles. The van der Waals surface area contributed by atoms with Gasteiger partial charge in [-0.15, -0.1) is 0 Å². The molecule has 106 valence electrons. The Morgan fingerprint density at radius 2 is 1.90 bits per heavy atom. The molecule has 0 saturated heterocycles. The number of hydrogen-bond donors (Lipinski definition) is 1. The third-order valence-electron chi connectivity index (χ3n) is 2.99. The van der Waals surface area contributed by atoms with Crippen LogP contribution in [0.2, 0.25) is 0 Å². The van der Waals surface area contributed by atoms with Crippen LogP contribution >= 0.6 is 0 Å². The summed E-state index contributed by atoms with van der Waals surface area (Å²) < 4.78 is 27.2. The van der Waals surface area contributed by atoms with Gasteiger partial charge in [-0.05, 0) is 48.2 Å². The SMILES string of the molecule is Cc1ccnc(NS(=O)(=O)c2cccc(C(C)C)c2)c1. The fraction of sp³-hybridized carbons (Fsp3) is 0.267. The van der Waals surface area contributed by atoms with Crippen molar-refractivity contribution in [3.63, 3.8) is 0 Å². The van der Waals surface area contributed by atoms with E-state index in [1.807, 2.05) is 32.9 Å². The number of aromatic nitrogens is 1. The minimum Gasteiger partial charge on any atom is -0.263 e. The zero-order chi connectivity index (χ0) is 14.8. The Bertz CT molecular complexity index is 709. The highest BCUT2D eigenvalue weighted by molar-refractivity contribution is 7.92. The monoisotopic (exact) mass is 290 g/mol. The summed E-state index contributed by atoms with van der Waals surface area (Å²) in [6.07, 6.45) is 1.58. The van der Waals surface area contributed by atoms with Crippen molar-refractivity contribution in [3.8, 4) is 0 Å². The van der Waals surface area contributed by atoms with Crippen LogP contribution < -0.4 is 4.72 Å². The number of aryl methyl sites for hydroxylation is 1. The molecule has 0 atom stereocenters. The molecule has 2 aromatic rings. The van der Waals surface area contributed by atoms with E-state index < -0.39 is 10.0 Å². The van der Waals surface area contributed by atoms with Gasteiger partial charge in [-0.1, -0.05) is 26.0 Å². The highest BCUT2D eigenvalue weighted by Crippen LogP contribution is 2.20. The number of sulfonamides is 1. The summed E-state index contributed by atoms with van der Waals surface area (Å²) in [5, 5.41) is 0. The second-order valence-electron chi connectivity index (χ2n) is 5.05. The van der Waals surface area contributed by atoms with Crippen LogP contribution in [0.4, 0.5) is 5.82 Å². The molecule has 0 aliphatic heterocycles. The van der Waals surface area contributed by atoms with Gasteiger partial charge in [-0.25, -0.2) is 13.4 Å². The lowest BCUT2D eigenvalue weighted by Crippen LogP contribution is -2.14. The molecular formula is C15H18N2O2S. The first-order valence-corrected chi connectivity index (χ1v) is 7.92. The van der Waals surface area contributed by atoms with Gasteiger partial charge in [-0.2, -0.15) is 0 Å². The van der Waals surface area contributed by atoms with Crippen molar-refractivity contribution < 1.29 is 8.42 Å². The quantitative estimate of drug-likeness (QED) is 0.939. The maximum Gasteiger partial charge on any atom is 0.263 e. The lowest BCUT2D eigenvalue weighted by atomic mass is 10.0. The summed E-state index contributed by atoms with van der Waals surface area (Å²) in [6, 6.07) is 10.5. The van der Waals surface area contributed by atoms with Gasteiger partial charge in [0.1, 0.15) is 5.82 Å². The summed E-state index contributed by atoms with van der Waals surface area (Å²) >= 11 is 0. The number of nitrogens with one attached hydrogen (secondary N) is 1. The molecule has 1 aromatic heterocycles. The molecular weight excluding hydrogens is 272 g/mol. The molecule has 1 N–H and O–H groups in total. The summed E-state index contributed by atoms with van der Waals surface area (Å²) in [5.74, 6) is 0.613. The van der Waals surface area contributed by atoms with Gasteiger partial charge in [0.2, 0.25) is 0 Å². The van der Waals surface area contributed by atoms with Crippen molar-refractivity contribution in [2.45, 2.75) is 31.6 Å². The Labute approximate surface area is 119 Å². The van der Waals surface area contributed by atoms with Crippen LogP contribution in [0.3, 0.4) is 0 Å². The third-order valence-corrected chi connectivity index (χ3v) is 4.34. The van der Waals surface area contributed by atoms with Crippen LogP contribution in [0, 0.1) is 6.92 Å². The molecule has 2 rings (SSSR count). The van der Waals surface area contributed by atoms with Gasteiger partial charge in [0.15, 0.2) is 0 Å². The summed E-state index contributed by atoms with van der Waals surface area (Å²) in [6.45, 7) is 5.95. The fourth-order valence-electron chi connectivity index (χ4n) is 1.83. The first-order chi connectivity index (χ1) is 9.38. The van der Waals surface area contributed by atoms with Gasteiger partial charge in [0, 0.05) is 6.20 Å². The molecule has 5 heteroatoms. The number of nitrogens with zero attached hydrogens (tertiary/aromatic N) is 1. The Balaban J connectivity index is 2.33. The molecule has 0 amide bonds. The van der Waals surface area contributed by atoms with Crippen LogP contribution in [-0.2, 0) is 10.0 Å². The van der Waals surface area contributed by atoms with Crippen molar-refractivity contribution in [2.24, 2.45) is 0 Å². The van der Waals surface area contributed by atoms with Gasteiger partial charge in [0.05, 0.1) is 4.90 Å². The number of rotatable bonds is 4. The van der Waals surface area contributed by atoms with Gasteiger partial charge in [0.25, 0.3) is 10.0 Å². The fourth-order valence-corrected chi connectivity index (χ4v) is 2.88. The average Bonchev–Trinajstić information content (AvgIpc) is 2.38. The number of hydrogen-bond acceptors (Lipinski definition) is 3. The minimum absolute atomic E-state index is 0.256. The molecule has 0 radical (unpaired) electrons. The van der Waals surface area contributed by atoms with E-state index in [1.165, 1.54) is 0 Å². The Morgan fingerprint density at radius 3 is 2.55 bits per heavy atom. The molecule has 1 heterocycles. The maximum atomic E-state index is 12.3. The van der Waals surface area contributed by atoms with Crippen molar-refractivity contribution in [1.29, 1.82) is 0 Å². The maximum absolute atomic E-state index is 12.3. The van der Waals surface area contributed by atoms with Gasteiger partial charge < -0.3 is 0 Å². The van der Waals surface area contributed by atoms with Crippen molar-refractivity contribution in [2.75, 3.05) is 4.72 Å². The molecule has 0 saturated carbocycles. The first-order valence-electron chi connectivity index (χ1n) is 6.44. The predicted octanol–water partition coefficient (Wildman–Crippen LogP) is 3.31. The van der Waals surface area contributed by atoms with Crippen molar-refractivity contribution in [3.05, 3.63) is 53.7 Å². The normalized spacial score (nSPS) is 11.6. The van der Waals surface area contributed by atoms with E-state index in [0.29, 0.717) is 5.82 Å². The summed E-state index contributed by atoms with van der Waals surface area (Å²) in [7, 11) is -3.60. The Kier molecular flexibility index (Phi) is 4.09. The number of anilines is 1. The third kappa shape index (κ3) is 3.36. The number of pyridine rings is 1. The van der Waals surface area contributed by atoms with Gasteiger partial charge >= 0.3 is 0 Å². The second-order valence-corrected chi connectivity index (χ2v) is 6.73.